The van der Waals surface area contributed by atoms with E-state index in [9.17, 15) is 23.3 Å². The third-order valence-electron chi connectivity index (χ3n) is 4.43. The molecule has 2 fully saturated rings. The van der Waals surface area contributed by atoms with Crippen molar-refractivity contribution in [3.63, 3.8) is 0 Å². The maximum absolute atomic E-state index is 12.6. The van der Waals surface area contributed by atoms with Gasteiger partial charge in [-0.2, -0.15) is 4.31 Å². The number of benzene rings is 1. The molecule has 2 amide bonds. The van der Waals surface area contributed by atoms with Crippen LogP contribution in [0.25, 0.3) is 0 Å². The Kier molecular flexibility index (Phi) is 4.91. The maximum atomic E-state index is 12.6. The van der Waals surface area contributed by atoms with Gasteiger partial charge in [0.25, 0.3) is 5.69 Å². The minimum atomic E-state index is -3.81. The number of nitrogens with one attached hydrogen (secondary N) is 1. The first-order valence-electron chi connectivity index (χ1n) is 8.15. The van der Waals surface area contributed by atoms with E-state index in [1.807, 2.05) is 0 Å². The number of sulfonamides is 1. The van der Waals surface area contributed by atoms with Gasteiger partial charge in [-0.15, -0.1) is 0 Å². The second-order valence-corrected chi connectivity index (χ2v) is 8.21. The van der Waals surface area contributed by atoms with Crippen molar-refractivity contribution in [2.24, 2.45) is 5.92 Å². The van der Waals surface area contributed by atoms with Crippen LogP contribution in [0.1, 0.15) is 12.8 Å². The molecule has 2 aliphatic rings. The van der Waals surface area contributed by atoms with E-state index in [4.69, 9.17) is 0 Å². The fourth-order valence-corrected chi connectivity index (χ4v) is 4.17. The summed E-state index contributed by atoms with van der Waals surface area (Å²) in [6.07, 6.45) is 2.30. The Balaban J connectivity index is 1.62. The van der Waals surface area contributed by atoms with Crippen molar-refractivity contribution in [3.05, 3.63) is 34.4 Å². The van der Waals surface area contributed by atoms with Gasteiger partial charge in [-0.25, -0.2) is 13.2 Å². The van der Waals surface area contributed by atoms with Crippen LogP contribution in [-0.4, -0.2) is 61.3 Å². The van der Waals surface area contributed by atoms with E-state index in [1.165, 1.54) is 22.5 Å². The Bertz CT molecular complexity index is 770. The molecule has 0 atom stereocenters. The first-order valence-corrected chi connectivity index (χ1v) is 9.59. The van der Waals surface area contributed by atoms with Gasteiger partial charge >= 0.3 is 6.03 Å². The number of carbonyl (C=O) groups excluding carboxylic acids is 1. The van der Waals surface area contributed by atoms with Crippen molar-refractivity contribution >= 4 is 21.7 Å². The van der Waals surface area contributed by atoms with E-state index in [0.717, 1.165) is 18.9 Å². The quantitative estimate of drug-likeness (QED) is 0.616. The molecule has 1 aliphatic carbocycles. The highest BCUT2D eigenvalue weighted by atomic mass is 32.2. The normalized spacial score (nSPS) is 18.8. The van der Waals surface area contributed by atoms with E-state index in [1.54, 1.807) is 4.90 Å². The summed E-state index contributed by atoms with van der Waals surface area (Å²) in [5.41, 5.74) is -0.265. The molecule has 1 heterocycles. The average Bonchev–Trinajstić information content (AvgIpc) is 3.44. The number of non-ortho nitro benzene ring substituents is 1. The van der Waals surface area contributed by atoms with Gasteiger partial charge in [0.1, 0.15) is 0 Å². The highest BCUT2D eigenvalue weighted by molar-refractivity contribution is 7.89. The molecule has 0 bridgehead atoms. The average molecular weight is 368 g/mol. The number of hydrogen-bond acceptors (Lipinski definition) is 5. The lowest BCUT2D eigenvalue weighted by Gasteiger charge is -2.34. The Morgan fingerprint density at radius 1 is 1.24 bits per heavy atom. The summed E-state index contributed by atoms with van der Waals surface area (Å²) in [7, 11) is -3.81. The number of rotatable bonds is 5. The Morgan fingerprint density at radius 2 is 1.92 bits per heavy atom. The van der Waals surface area contributed by atoms with Crippen LogP contribution in [-0.2, 0) is 10.0 Å². The van der Waals surface area contributed by atoms with E-state index in [-0.39, 0.29) is 29.7 Å². The van der Waals surface area contributed by atoms with E-state index in [2.05, 4.69) is 5.32 Å². The lowest BCUT2D eigenvalue weighted by molar-refractivity contribution is -0.385. The number of nitrogens with zero attached hydrogens (tertiary/aromatic N) is 3. The molecule has 0 spiro atoms. The molecular weight excluding hydrogens is 348 g/mol. The molecule has 1 N–H and O–H groups in total. The predicted molar refractivity (Wildman–Crippen MR) is 89.6 cm³/mol. The highest BCUT2D eigenvalue weighted by Crippen LogP contribution is 2.27. The van der Waals surface area contributed by atoms with Crippen LogP contribution in [0.3, 0.4) is 0 Å². The van der Waals surface area contributed by atoms with Crippen molar-refractivity contribution in [2.75, 3.05) is 32.7 Å². The molecule has 25 heavy (non-hydrogen) atoms. The van der Waals surface area contributed by atoms with Crippen molar-refractivity contribution in [1.82, 2.24) is 14.5 Å². The molecule has 1 aromatic rings. The monoisotopic (exact) mass is 368 g/mol. The molecule has 9 nitrogen and oxygen atoms in total. The highest BCUT2D eigenvalue weighted by Gasteiger charge is 2.31. The first kappa shape index (κ1) is 17.6. The Morgan fingerprint density at radius 3 is 2.52 bits per heavy atom. The smallest absolute Gasteiger partial charge is 0.317 e. The molecule has 10 heteroatoms. The van der Waals surface area contributed by atoms with Crippen LogP contribution < -0.4 is 5.32 Å². The Labute approximate surface area is 145 Å². The summed E-state index contributed by atoms with van der Waals surface area (Å²) in [4.78, 5) is 23.8. The van der Waals surface area contributed by atoms with Crippen molar-refractivity contribution in [1.29, 1.82) is 0 Å². The summed E-state index contributed by atoms with van der Waals surface area (Å²) in [5, 5.41) is 13.7. The predicted octanol–water partition coefficient (Wildman–Crippen LogP) is 1.02. The van der Waals surface area contributed by atoms with E-state index in [0.29, 0.717) is 25.6 Å². The minimum Gasteiger partial charge on any atom is -0.338 e. The lowest BCUT2D eigenvalue weighted by Crippen LogP contribution is -2.53. The van der Waals surface area contributed by atoms with Crippen LogP contribution in [0.2, 0.25) is 0 Å². The number of urea groups is 1. The third kappa shape index (κ3) is 4.07. The number of carbonyl (C=O) groups is 1. The van der Waals surface area contributed by atoms with Crippen molar-refractivity contribution < 1.29 is 18.1 Å². The van der Waals surface area contributed by atoms with Gasteiger partial charge in [-0.1, -0.05) is 6.07 Å². The zero-order chi connectivity index (χ0) is 18.0. The lowest BCUT2D eigenvalue weighted by atomic mass is 10.3. The van der Waals surface area contributed by atoms with E-state index < -0.39 is 14.9 Å². The standard InChI is InChI=1S/C15H20N4O5S/c20-15(16-11-12-4-5-12)17-6-8-18(9-7-17)25(23,24)14-3-1-2-13(10-14)19(21)22/h1-3,10,12H,4-9,11H2,(H,16,20). The van der Waals surface area contributed by atoms with Gasteiger partial charge in [-0.3, -0.25) is 10.1 Å². The molecule has 1 aliphatic heterocycles. The fourth-order valence-electron chi connectivity index (χ4n) is 2.70. The van der Waals surface area contributed by atoms with Gasteiger partial charge in [-0.05, 0) is 24.8 Å². The van der Waals surface area contributed by atoms with Crippen LogP contribution in [0.4, 0.5) is 10.5 Å². The topological polar surface area (TPSA) is 113 Å². The number of hydrogen-bond donors (Lipinski definition) is 1. The molecule has 1 aromatic carbocycles. The fraction of sp³-hybridized carbons (Fsp3) is 0.533. The van der Waals surface area contributed by atoms with Crippen molar-refractivity contribution in [2.45, 2.75) is 17.7 Å². The van der Waals surface area contributed by atoms with Gasteiger partial charge in [0.05, 0.1) is 9.82 Å². The van der Waals surface area contributed by atoms with E-state index >= 15 is 0 Å². The molecule has 3 rings (SSSR count). The Hall–Kier alpha value is -2.20. The molecule has 0 radical (unpaired) electrons. The van der Waals surface area contributed by atoms with Gasteiger partial charge in [0, 0.05) is 44.9 Å². The molecule has 1 saturated heterocycles. The van der Waals surface area contributed by atoms with Crippen LogP contribution in [0.5, 0.6) is 0 Å². The zero-order valence-electron chi connectivity index (χ0n) is 13.6. The number of piperazine rings is 1. The van der Waals surface area contributed by atoms with Gasteiger partial charge in [0.15, 0.2) is 0 Å². The molecular formula is C15H20N4O5S. The van der Waals surface area contributed by atoms with Crippen LogP contribution >= 0.6 is 0 Å². The molecule has 1 saturated carbocycles. The number of amides is 2. The van der Waals surface area contributed by atoms with Crippen LogP contribution in [0.15, 0.2) is 29.2 Å². The zero-order valence-corrected chi connectivity index (χ0v) is 14.4. The van der Waals surface area contributed by atoms with Crippen molar-refractivity contribution in [3.8, 4) is 0 Å². The second kappa shape index (κ2) is 6.96. The minimum absolute atomic E-state index is 0.103. The summed E-state index contributed by atoms with van der Waals surface area (Å²) in [6.45, 7) is 1.60. The second-order valence-electron chi connectivity index (χ2n) is 6.28. The first-order chi connectivity index (χ1) is 11.9. The van der Waals surface area contributed by atoms with Gasteiger partial charge in [0.2, 0.25) is 10.0 Å². The molecule has 0 unspecified atom stereocenters. The summed E-state index contributed by atoms with van der Waals surface area (Å²) in [6, 6.07) is 4.84. The number of nitro benzene ring substituents is 1. The SMILES string of the molecule is O=C(NCC1CC1)N1CCN(S(=O)(=O)c2cccc([N+](=O)[O-])c2)CC1. The summed E-state index contributed by atoms with van der Waals surface area (Å²) < 4.78 is 26.6. The molecule has 0 aromatic heterocycles. The number of nitro groups is 1. The third-order valence-corrected chi connectivity index (χ3v) is 6.33. The molecule has 136 valence electrons. The van der Waals surface area contributed by atoms with Gasteiger partial charge < -0.3 is 10.2 Å². The summed E-state index contributed by atoms with van der Waals surface area (Å²) >= 11 is 0. The van der Waals surface area contributed by atoms with Crippen LogP contribution in [0, 0.1) is 16.0 Å². The maximum Gasteiger partial charge on any atom is 0.317 e. The summed E-state index contributed by atoms with van der Waals surface area (Å²) in [5.74, 6) is 0.583. The largest absolute Gasteiger partial charge is 0.338 e.